The van der Waals surface area contributed by atoms with E-state index >= 15 is 0 Å². The van der Waals surface area contributed by atoms with Gasteiger partial charge in [-0.3, -0.25) is 9.97 Å². The molecule has 0 unspecified atom stereocenters. The van der Waals surface area contributed by atoms with Gasteiger partial charge in [-0.1, -0.05) is 121 Å². The van der Waals surface area contributed by atoms with E-state index in [9.17, 15) is 0 Å². The first-order valence-electron chi connectivity index (χ1n) is 18.0. The summed E-state index contributed by atoms with van der Waals surface area (Å²) in [7, 11) is 0. The Morgan fingerprint density at radius 3 is 1.28 bits per heavy atom. The van der Waals surface area contributed by atoms with Crippen molar-refractivity contribution in [3.63, 3.8) is 0 Å². The van der Waals surface area contributed by atoms with Crippen LogP contribution in [0.15, 0.2) is 189 Å². The zero-order valence-electron chi connectivity index (χ0n) is 28.7. The Morgan fingerprint density at radius 2 is 0.774 bits per heavy atom. The molecule has 3 heteroatoms. The third-order valence-electron chi connectivity index (χ3n) is 10.9. The van der Waals surface area contributed by atoms with E-state index in [-0.39, 0.29) is 0 Å². The molecule has 0 radical (unpaired) electrons. The highest BCUT2D eigenvalue weighted by atomic mass is 15.0. The molecule has 0 atom stereocenters. The molecule has 0 N–H and O–H groups in total. The minimum atomic E-state index is 1.12. The largest absolute Gasteiger partial charge is 0.309 e. The van der Waals surface area contributed by atoms with Gasteiger partial charge in [-0.2, -0.15) is 0 Å². The van der Waals surface area contributed by atoms with E-state index in [0.717, 1.165) is 22.3 Å². The molecular formula is C50H31N3. The highest BCUT2D eigenvalue weighted by Crippen LogP contribution is 2.42. The summed E-state index contributed by atoms with van der Waals surface area (Å²) in [5.74, 6) is 0. The molecule has 0 aliphatic rings. The fourth-order valence-corrected chi connectivity index (χ4v) is 8.33. The van der Waals surface area contributed by atoms with E-state index < -0.39 is 0 Å². The highest BCUT2D eigenvalue weighted by Gasteiger charge is 2.18. The van der Waals surface area contributed by atoms with E-state index in [2.05, 4.69) is 166 Å². The second kappa shape index (κ2) is 11.7. The summed E-state index contributed by atoms with van der Waals surface area (Å²) in [5.41, 5.74) is 12.9. The molecule has 3 aromatic heterocycles. The molecule has 3 heterocycles. The predicted molar refractivity (Wildman–Crippen MR) is 222 cm³/mol. The normalized spacial score (nSPS) is 11.8. The van der Waals surface area contributed by atoms with Gasteiger partial charge >= 0.3 is 0 Å². The molecule has 0 bridgehead atoms. The van der Waals surface area contributed by atoms with E-state index in [1.165, 1.54) is 82.1 Å². The molecule has 0 saturated heterocycles. The number of rotatable bonds is 5. The van der Waals surface area contributed by atoms with Crippen molar-refractivity contribution in [1.29, 1.82) is 0 Å². The van der Waals surface area contributed by atoms with Crippen molar-refractivity contribution in [3.05, 3.63) is 189 Å². The molecule has 8 aromatic carbocycles. The maximum Gasteiger partial charge on any atom is 0.0541 e. The van der Waals surface area contributed by atoms with Crippen LogP contribution in [0, 0.1) is 0 Å². The molecule has 0 spiro atoms. The SMILES string of the molecule is c1cncc(-c2ccc(-c3ccc4c(c3)c3cc(-c5ccc(-c6cccnc6)cc5)ccc3n4-c3ccc4ccc5cccc6ccc3c4c56)cc2)c1. The number of hydrogen-bond donors (Lipinski definition) is 0. The van der Waals surface area contributed by atoms with Gasteiger partial charge in [0.05, 0.1) is 16.7 Å². The molecule has 0 amide bonds. The molecule has 0 aliphatic carbocycles. The average molecular weight is 674 g/mol. The van der Waals surface area contributed by atoms with Crippen LogP contribution in [-0.2, 0) is 0 Å². The van der Waals surface area contributed by atoms with Crippen LogP contribution < -0.4 is 0 Å². The molecule has 11 rings (SSSR count). The van der Waals surface area contributed by atoms with Crippen molar-refractivity contribution in [2.45, 2.75) is 0 Å². The fourth-order valence-electron chi connectivity index (χ4n) is 8.33. The van der Waals surface area contributed by atoms with E-state index in [1.54, 1.807) is 0 Å². The van der Waals surface area contributed by atoms with Crippen LogP contribution in [0.4, 0.5) is 0 Å². The minimum Gasteiger partial charge on any atom is -0.309 e. The van der Waals surface area contributed by atoms with Gasteiger partial charge in [0.25, 0.3) is 0 Å². The van der Waals surface area contributed by atoms with E-state index in [1.807, 2.05) is 36.9 Å². The Hall–Kier alpha value is -7.10. The van der Waals surface area contributed by atoms with Gasteiger partial charge in [-0.05, 0) is 114 Å². The quantitative estimate of drug-likeness (QED) is 0.170. The summed E-state index contributed by atoms with van der Waals surface area (Å²) < 4.78 is 2.47. The molecule has 3 nitrogen and oxygen atoms in total. The van der Waals surface area contributed by atoms with Crippen LogP contribution >= 0.6 is 0 Å². The van der Waals surface area contributed by atoms with Crippen molar-refractivity contribution in [1.82, 2.24) is 14.5 Å². The maximum absolute atomic E-state index is 4.32. The topological polar surface area (TPSA) is 30.7 Å². The van der Waals surface area contributed by atoms with Crippen LogP contribution in [0.1, 0.15) is 0 Å². The van der Waals surface area contributed by atoms with Crippen molar-refractivity contribution in [2.75, 3.05) is 0 Å². The number of fused-ring (bicyclic) bond motifs is 3. The van der Waals surface area contributed by atoms with Gasteiger partial charge in [0.2, 0.25) is 0 Å². The average Bonchev–Trinajstić information content (AvgIpc) is 3.56. The van der Waals surface area contributed by atoms with Gasteiger partial charge in [0.1, 0.15) is 0 Å². The lowest BCUT2D eigenvalue weighted by molar-refractivity contribution is 1.20. The van der Waals surface area contributed by atoms with Gasteiger partial charge in [-0.15, -0.1) is 0 Å². The fraction of sp³-hybridized carbons (Fsp3) is 0. The molecule has 0 aliphatic heterocycles. The summed E-state index contributed by atoms with van der Waals surface area (Å²) in [6, 6.07) is 60.0. The third kappa shape index (κ3) is 4.75. The van der Waals surface area contributed by atoms with Crippen molar-refractivity contribution in [2.24, 2.45) is 0 Å². The Labute approximate surface area is 306 Å². The minimum absolute atomic E-state index is 1.12. The van der Waals surface area contributed by atoms with E-state index in [4.69, 9.17) is 0 Å². The standard InChI is InChI=1S/C50H31N3/c1-4-36-16-17-38-19-23-46(43-22-18-37(5-1)49(36)50(38)43)53-47-24-20-39(32-8-12-34(13-9-32)41-6-2-26-51-30-41)28-44(47)45-29-40(21-25-48(45)53)33-10-14-35(15-11-33)42-7-3-27-52-31-42/h1-31H. The Balaban J connectivity index is 1.12. The summed E-state index contributed by atoms with van der Waals surface area (Å²) in [6.07, 6.45) is 7.46. The summed E-state index contributed by atoms with van der Waals surface area (Å²) in [4.78, 5) is 8.63. The first kappa shape index (κ1) is 29.6. The molecule has 53 heavy (non-hydrogen) atoms. The summed E-state index contributed by atoms with van der Waals surface area (Å²) >= 11 is 0. The van der Waals surface area contributed by atoms with Gasteiger partial charge in [0.15, 0.2) is 0 Å². The Morgan fingerprint density at radius 1 is 0.321 bits per heavy atom. The lowest BCUT2D eigenvalue weighted by Gasteiger charge is -2.16. The van der Waals surface area contributed by atoms with Crippen molar-refractivity contribution in [3.8, 4) is 50.2 Å². The van der Waals surface area contributed by atoms with Crippen LogP contribution in [0.3, 0.4) is 0 Å². The number of aromatic nitrogens is 3. The number of nitrogens with zero attached hydrogens (tertiary/aromatic N) is 3. The lowest BCUT2D eigenvalue weighted by atomic mass is 9.93. The monoisotopic (exact) mass is 673 g/mol. The van der Waals surface area contributed by atoms with E-state index in [0.29, 0.717) is 0 Å². The zero-order valence-corrected chi connectivity index (χ0v) is 28.7. The van der Waals surface area contributed by atoms with Crippen LogP contribution in [0.5, 0.6) is 0 Å². The zero-order chi connectivity index (χ0) is 34.9. The van der Waals surface area contributed by atoms with Gasteiger partial charge in [-0.25, -0.2) is 0 Å². The second-order valence-electron chi connectivity index (χ2n) is 13.9. The van der Waals surface area contributed by atoms with Crippen LogP contribution in [-0.4, -0.2) is 14.5 Å². The molecule has 11 aromatic rings. The smallest absolute Gasteiger partial charge is 0.0541 e. The van der Waals surface area contributed by atoms with Crippen LogP contribution in [0.25, 0.3) is 104 Å². The van der Waals surface area contributed by atoms with Crippen LogP contribution in [0.2, 0.25) is 0 Å². The van der Waals surface area contributed by atoms with Gasteiger partial charge in [0, 0.05) is 40.9 Å². The summed E-state index contributed by atoms with van der Waals surface area (Å²) in [6.45, 7) is 0. The maximum atomic E-state index is 4.32. The number of benzene rings is 8. The lowest BCUT2D eigenvalue weighted by Crippen LogP contribution is -1.96. The first-order chi connectivity index (χ1) is 26.3. The molecule has 0 saturated carbocycles. The Bertz CT molecular complexity index is 2970. The highest BCUT2D eigenvalue weighted by molar-refractivity contribution is 6.25. The predicted octanol–water partition coefficient (Wildman–Crippen LogP) is 13.1. The molecular weight excluding hydrogens is 643 g/mol. The number of pyridine rings is 2. The number of hydrogen-bond acceptors (Lipinski definition) is 2. The second-order valence-corrected chi connectivity index (χ2v) is 13.9. The molecule has 0 fully saturated rings. The Kier molecular flexibility index (Phi) is 6.55. The van der Waals surface area contributed by atoms with Gasteiger partial charge < -0.3 is 4.57 Å². The van der Waals surface area contributed by atoms with Crippen molar-refractivity contribution >= 4 is 54.1 Å². The third-order valence-corrected chi connectivity index (χ3v) is 10.9. The van der Waals surface area contributed by atoms with Crippen molar-refractivity contribution < 1.29 is 0 Å². The first-order valence-corrected chi connectivity index (χ1v) is 18.0. The molecule has 246 valence electrons. The summed E-state index contributed by atoms with van der Waals surface area (Å²) in [5, 5.41) is 10.2.